The van der Waals surface area contributed by atoms with E-state index in [2.05, 4.69) is 10.2 Å². The number of benzene rings is 1. The van der Waals surface area contributed by atoms with Gasteiger partial charge in [0.2, 0.25) is 5.78 Å². The van der Waals surface area contributed by atoms with Crippen molar-refractivity contribution in [2.75, 3.05) is 0 Å². The fraction of sp³-hybridized carbons (Fsp3) is 0.188. The van der Waals surface area contributed by atoms with Gasteiger partial charge in [-0.2, -0.15) is 0 Å². The Morgan fingerprint density at radius 2 is 2.17 bits per heavy atom. The molecule has 0 fully saturated rings. The number of hydrogen-bond acceptors (Lipinski definition) is 4. The van der Waals surface area contributed by atoms with Crippen LogP contribution in [0.3, 0.4) is 0 Å². The number of fused-ring (bicyclic) bond motifs is 5. The maximum Gasteiger partial charge on any atom is 0.268 e. The molecule has 1 aromatic carbocycles. The second-order valence-corrected chi connectivity index (χ2v) is 7.18. The van der Waals surface area contributed by atoms with E-state index in [0.29, 0.717) is 16.5 Å². The lowest BCUT2D eigenvalue weighted by atomic mass is 10.2. The third-order valence-electron chi connectivity index (χ3n) is 4.33. The minimum Gasteiger partial charge on any atom is -0.268 e. The molecule has 0 amide bonds. The van der Waals surface area contributed by atoms with Crippen LogP contribution in [-0.2, 0) is 12.8 Å². The second-order valence-electron chi connectivity index (χ2n) is 5.66. The summed E-state index contributed by atoms with van der Waals surface area (Å²) in [5.41, 5.74) is 1.86. The molecule has 114 valence electrons. The molecule has 23 heavy (non-hydrogen) atoms. The third kappa shape index (κ3) is 1.76. The number of nitrogens with zero attached hydrogens (tertiary/aromatic N) is 4. The first-order chi connectivity index (χ1) is 11.2. The van der Waals surface area contributed by atoms with E-state index in [0.717, 1.165) is 29.5 Å². The van der Waals surface area contributed by atoms with Gasteiger partial charge in [-0.1, -0.05) is 17.7 Å². The van der Waals surface area contributed by atoms with Gasteiger partial charge in [0.1, 0.15) is 11.2 Å². The van der Waals surface area contributed by atoms with Crippen molar-refractivity contribution in [1.82, 2.24) is 19.2 Å². The highest BCUT2D eigenvalue weighted by Gasteiger charge is 2.24. The van der Waals surface area contributed by atoms with Crippen LogP contribution in [-0.4, -0.2) is 19.2 Å². The van der Waals surface area contributed by atoms with Crippen LogP contribution in [0, 0.1) is 0 Å². The zero-order chi connectivity index (χ0) is 15.6. The van der Waals surface area contributed by atoms with Gasteiger partial charge in [0.05, 0.1) is 11.1 Å². The van der Waals surface area contributed by atoms with Crippen LogP contribution >= 0.6 is 22.9 Å². The lowest BCUT2D eigenvalue weighted by Crippen LogP contribution is -2.21. The van der Waals surface area contributed by atoms with E-state index in [1.54, 1.807) is 34.4 Å². The van der Waals surface area contributed by atoms with Gasteiger partial charge in [0, 0.05) is 9.90 Å². The highest BCUT2D eigenvalue weighted by molar-refractivity contribution is 7.19. The van der Waals surface area contributed by atoms with Crippen molar-refractivity contribution in [2.45, 2.75) is 19.3 Å². The minimum absolute atomic E-state index is 0.0397. The molecule has 0 bridgehead atoms. The highest BCUT2D eigenvalue weighted by atomic mass is 35.5. The Morgan fingerprint density at radius 1 is 1.26 bits per heavy atom. The minimum atomic E-state index is -0.0397. The summed E-state index contributed by atoms with van der Waals surface area (Å²) in [4.78, 5) is 15.5. The summed E-state index contributed by atoms with van der Waals surface area (Å²) in [7, 11) is 0. The van der Waals surface area contributed by atoms with Crippen molar-refractivity contribution < 1.29 is 0 Å². The maximum absolute atomic E-state index is 13.2. The summed E-state index contributed by atoms with van der Waals surface area (Å²) in [5, 5.41) is 9.56. The first-order valence-electron chi connectivity index (χ1n) is 7.39. The van der Waals surface area contributed by atoms with Gasteiger partial charge >= 0.3 is 0 Å². The predicted octanol–water partition coefficient (Wildman–Crippen LogP) is 3.24. The largest absolute Gasteiger partial charge is 0.268 e. The monoisotopic (exact) mass is 342 g/mol. The fourth-order valence-corrected chi connectivity index (χ4v) is 4.89. The molecule has 0 spiro atoms. The van der Waals surface area contributed by atoms with Crippen LogP contribution in [0.15, 0.2) is 35.4 Å². The van der Waals surface area contributed by atoms with Crippen LogP contribution in [0.2, 0.25) is 5.02 Å². The summed E-state index contributed by atoms with van der Waals surface area (Å²) in [5.74, 6) is 0.518. The van der Waals surface area contributed by atoms with E-state index >= 15 is 0 Å². The molecule has 1 aliphatic rings. The van der Waals surface area contributed by atoms with Gasteiger partial charge in [0.25, 0.3) is 5.56 Å². The number of hydrogen-bond donors (Lipinski definition) is 0. The Hall–Kier alpha value is -2.18. The Bertz CT molecular complexity index is 1140. The lowest BCUT2D eigenvalue weighted by molar-refractivity contribution is 0.913. The number of halogens is 1. The Kier molecular flexibility index (Phi) is 2.69. The predicted molar refractivity (Wildman–Crippen MR) is 91.0 cm³/mol. The normalized spacial score (nSPS) is 14.0. The summed E-state index contributed by atoms with van der Waals surface area (Å²) < 4.78 is 3.51. The summed E-state index contributed by atoms with van der Waals surface area (Å²) in [6.45, 7) is 0. The molecule has 4 aromatic rings. The van der Waals surface area contributed by atoms with Gasteiger partial charge in [-0.15, -0.1) is 21.5 Å². The Balaban J connectivity index is 2.00. The number of rotatable bonds is 1. The second kappa shape index (κ2) is 4.66. The first kappa shape index (κ1) is 13.3. The SMILES string of the molecule is O=c1c2c3c(sc2n2cnnc2n1-c1cccc(Cl)c1)CCC3. The van der Waals surface area contributed by atoms with E-state index < -0.39 is 0 Å². The molecule has 0 aliphatic heterocycles. The van der Waals surface area contributed by atoms with Gasteiger partial charge in [-0.25, -0.2) is 4.57 Å². The molecular formula is C16H11ClN4OS. The molecule has 5 rings (SSSR count). The Morgan fingerprint density at radius 3 is 3.04 bits per heavy atom. The van der Waals surface area contributed by atoms with Crippen molar-refractivity contribution in [1.29, 1.82) is 0 Å². The van der Waals surface area contributed by atoms with E-state index in [4.69, 9.17) is 11.6 Å². The molecule has 0 radical (unpaired) electrons. The Labute approximate surface area is 139 Å². The average Bonchev–Trinajstić information content (AvgIpc) is 3.21. The number of aryl methyl sites for hydroxylation is 2. The summed E-state index contributed by atoms with van der Waals surface area (Å²) in [6.07, 6.45) is 4.81. The van der Waals surface area contributed by atoms with Gasteiger partial charge < -0.3 is 0 Å². The molecular weight excluding hydrogens is 332 g/mol. The van der Waals surface area contributed by atoms with Crippen LogP contribution in [0.1, 0.15) is 16.9 Å². The van der Waals surface area contributed by atoms with E-state index in [-0.39, 0.29) is 5.56 Å². The standard InChI is InChI=1S/C16H11ClN4OS/c17-9-3-1-4-10(7-9)21-14(22)13-11-5-2-6-12(11)23-15(13)20-8-18-19-16(20)21/h1,3-4,7-8H,2,5-6H2. The fourth-order valence-electron chi connectivity index (χ4n) is 3.36. The molecule has 3 heterocycles. The van der Waals surface area contributed by atoms with Crippen molar-refractivity contribution in [2.24, 2.45) is 0 Å². The average molecular weight is 343 g/mol. The molecule has 0 saturated carbocycles. The van der Waals surface area contributed by atoms with Crippen LogP contribution in [0.5, 0.6) is 0 Å². The van der Waals surface area contributed by atoms with Crippen molar-refractivity contribution in [3.8, 4) is 5.69 Å². The van der Waals surface area contributed by atoms with Gasteiger partial charge in [-0.3, -0.25) is 9.20 Å². The van der Waals surface area contributed by atoms with Crippen molar-refractivity contribution in [3.63, 3.8) is 0 Å². The molecule has 0 unspecified atom stereocenters. The number of thiophene rings is 1. The molecule has 7 heteroatoms. The zero-order valence-electron chi connectivity index (χ0n) is 12.0. The van der Waals surface area contributed by atoms with Crippen LogP contribution < -0.4 is 5.56 Å². The smallest absolute Gasteiger partial charge is 0.268 e. The van der Waals surface area contributed by atoms with Crippen LogP contribution in [0.4, 0.5) is 0 Å². The van der Waals surface area contributed by atoms with E-state index in [9.17, 15) is 4.79 Å². The van der Waals surface area contributed by atoms with E-state index in [1.807, 2.05) is 16.5 Å². The van der Waals surface area contributed by atoms with E-state index in [1.165, 1.54) is 10.4 Å². The summed E-state index contributed by atoms with van der Waals surface area (Å²) in [6, 6.07) is 7.26. The number of aromatic nitrogens is 4. The highest BCUT2D eigenvalue weighted by Crippen LogP contribution is 2.36. The zero-order valence-corrected chi connectivity index (χ0v) is 13.6. The van der Waals surface area contributed by atoms with Gasteiger partial charge in [-0.05, 0) is 43.0 Å². The summed E-state index contributed by atoms with van der Waals surface area (Å²) >= 11 is 7.79. The topological polar surface area (TPSA) is 52.2 Å². The quantitative estimate of drug-likeness (QED) is 0.533. The molecule has 0 N–H and O–H groups in total. The molecule has 5 nitrogen and oxygen atoms in total. The van der Waals surface area contributed by atoms with Crippen molar-refractivity contribution >= 4 is 38.9 Å². The molecule has 0 saturated heterocycles. The third-order valence-corrected chi connectivity index (χ3v) is 5.86. The van der Waals surface area contributed by atoms with Crippen molar-refractivity contribution in [3.05, 3.63) is 56.4 Å². The van der Waals surface area contributed by atoms with Gasteiger partial charge in [0.15, 0.2) is 0 Å². The lowest BCUT2D eigenvalue weighted by Gasteiger charge is -2.09. The molecule has 1 aliphatic carbocycles. The van der Waals surface area contributed by atoms with Crippen LogP contribution in [0.25, 0.3) is 21.7 Å². The molecule has 0 atom stereocenters. The maximum atomic E-state index is 13.2. The first-order valence-corrected chi connectivity index (χ1v) is 8.58. The molecule has 3 aromatic heterocycles.